The van der Waals surface area contributed by atoms with Crippen LogP contribution in [0.1, 0.15) is 23.2 Å². The van der Waals surface area contributed by atoms with Crippen molar-refractivity contribution in [1.82, 2.24) is 4.90 Å². The van der Waals surface area contributed by atoms with E-state index in [1.54, 1.807) is 17.8 Å². The summed E-state index contributed by atoms with van der Waals surface area (Å²) in [5.41, 5.74) is 0.450. The van der Waals surface area contributed by atoms with E-state index in [-0.39, 0.29) is 18.7 Å². The van der Waals surface area contributed by atoms with Crippen molar-refractivity contribution < 1.29 is 9.53 Å². The summed E-state index contributed by atoms with van der Waals surface area (Å²) >= 11 is 1.56. The molecule has 0 spiro atoms. The van der Waals surface area contributed by atoms with E-state index >= 15 is 0 Å². The number of benzene rings is 1. The molecule has 0 bridgehead atoms. The van der Waals surface area contributed by atoms with E-state index in [0.717, 1.165) is 4.90 Å². The lowest BCUT2D eigenvalue weighted by molar-refractivity contribution is 0.0759. The summed E-state index contributed by atoms with van der Waals surface area (Å²) in [6.45, 7) is 0.620. The van der Waals surface area contributed by atoms with Crippen LogP contribution in [0.2, 0.25) is 0 Å². The molecule has 0 unspecified atom stereocenters. The number of methoxy groups -OCH3 is 1. The van der Waals surface area contributed by atoms with Crippen molar-refractivity contribution in [3.63, 3.8) is 0 Å². The van der Waals surface area contributed by atoms with Gasteiger partial charge in [-0.1, -0.05) is 0 Å². The molecule has 110 valence electrons. The van der Waals surface area contributed by atoms with Crippen LogP contribution in [0.15, 0.2) is 23.1 Å². The summed E-state index contributed by atoms with van der Waals surface area (Å²) in [5.74, 6) is 0.288. The fourth-order valence-corrected chi connectivity index (χ4v) is 2.26. The van der Waals surface area contributed by atoms with E-state index < -0.39 is 0 Å². The third kappa shape index (κ3) is 4.70. The number of ether oxygens (including phenoxy) is 1. The molecule has 0 saturated carbocycles. The summed E-state index contributed by atoms with van der Waals surface area (Å²) in [5, 5.41) is 17.4. The SMILES string of the molecule is COc1cc(SC)ccc1C(=O)N(CCC#N)CCC#N. The van der Waals surface area contributed by atoms with Gasteiger partial charge in [-0.2, -0.15) is 10.5 Å². The Morgan fingerprint density at radius 1 is 1.29 bits per heavy atom. The van der Waals surface area contributed by atoms with Crippen LogP contribution >= 0.6 is 11.8 Å². The molecule has 0 aliphatic heterocycles. The number of thioether (sulfide) groups is 1. The van der Waals surface area contributed by atoms with Crippen molar-refractivity contribution in [1.29, 1.82) is 10.5 Å². The van der Waals surface area contributed by atoms with Crippen LogP contribution in [-0.4, -0.2) is 37.3 Å². The molecule has 1 rings (SSSR count). The van der Waals surface area contributed by atoms with Crippen molar-refractivity contribution in [2.24, 2.45) is 0 Å². The average molecular weight is 303 g/mol. The maximum atomic E-state index is 12.6. The molecule has 6 heteroatoms. The first-order valence-electron chi connectivity index (χ1n) is 6.43. The molecule has 0 aliphatic rings. The Morgan fingerprint density at radius 3 is 2.38 bits per heavy atom. The summed E-state index contributed by atoms with van der Waals surface area (Å²) in [6, 6.07) is 9.42. The number of rotatable bonds is 7. The number of hydrogen-bond donors (Lipinski definition) is 0. The minimum atomic E-state index is -0.218. The highest BCUT2D eigenvalue weighted by atomic mass is 32.2. The van der Waals surface area contributed by atoms with E-state index in [0.29, 0.717) is 24.4 Å². The second kappa shape index (κ2) is 8.89. The smallest absolute Gasteiger partial charge is 0.257 e. The maximum Gasteiger partial charge on any atom is 0.257 e. The van der Waals surface area contributed by atoms with Crippen LogP contribution in [0, 0.1) is 22.7 Å². The van der Waals surface area contributed by atoms with Crippen LogP contribution in [0.4, 0.5) is 0 Å². The Balaban J connectivity index is 3.02. The molecular formula is C15H17N3O2S. The topological polar surface area (TPSA) is 77.1 Å². The molecule has 0 atom stereocenters. The lowest BCUT2D eigenvalue weighted by Crippen LogP contribution is -2.33. The summed E-state index contributed by atoms with van der Waals surface area (Å²) in [6.07, 6.45) is 2.42. The van der Waals surface area contributed by atoms with Crippen molar-refractivity contribution in [3.05, 3.63) is 23.8 Å². The lowest BCUT2D eigenvalue weighted by Gasteiger charge is -2.21. The van der Waals surface area contributed by atoms with Gasteiger partial charge in [0, 0.05) is 18.0 Å². The Bertz CT molecular complexity index is 557. The third-order valence-corrected chi connectivity index (χ3v) is 3.64. The average Bonchev–Trinajstić information content (AvgIpc) is 2.53. The van der Waals surface area contributed by atoms with E-state index in [9.17, 15) is 4.79 Å². The minimum absolute atomic E-state index is 0.218. The second-order valence-corrected chi connectivity index (χ2v) is 5.05. The first kappa shape index (κ1) is 16.9. The molecule has 0 heterocycles. The minimum Gasteiger partial charge on any atom is -0.496 e. The van der Waals surface area contributed by atoms with Crippen molar-refractivity contribution in [2.75, 3.05) is 26.5 Å². The summed E-state index contributed by atoms with van der Waals surface area (Å²) in [4.78, 5) is 15.1. The van der Waals surface area contributed by atoms with Crippen LogP contribution in [0.25, 0.3) is 0 Å². The van der Waals surface area contributed by atoms with Gasteiger partial charge in [0.1, 0.15) is 5.75 Å². The Morgan fingerprint density at radius 2 is 1.90 bits per heavy atom. The van der Waals surface area contributed by atoms with Gasteiger partial charge in [0.05, 0.1) is 37.7 Å². The number of hydrogen-bond acceptors (Lipinski definition) is 5. The third-order valence-electron chi connectivity index (χ3n) is 2.91. The standard InChI is InChI=1S/C15H17N3O2S/c1-20-14-11-12(21-2)5-6-13(14)15(19)18(9-3-7-16)10-4-8-17/h5-6,11H,3-4,9-10H2,1-2H3. The zero-order valence-corrected chi connectivity index (χ0v) is 12.9. The molecule has 0 N–H and O–H groups in total. The number of carbonyl (C=O) groups is 1. The predicted octanol–water partition coefficient (Wildman–Crippen LogP) is 2.69. The van der Waals surface area contributed by atoms with E-state index in [2.05, 4.69) is 0 Å². The molecule has 0 fully saturated rings. The van der Waals surface area contributed by atoms with Gasteiger partial charge in [0.15, 0.2) is 0 Å². The molecule has 1 aromatic rings. The second-order valence-electron chi connectivity index (χ2n) is 4.17. The van der Waals surface area contributed by atoms with Gasteiger partial charge in [-0.3, -0.25) is 4.79 Å². The van der Waals surface area contributed by atoms with Gasteiger partial charge >= 0.3 is 0 Å². The zero-order valence-electron chi connectivity index (χ0n) is 12.1. The summed E-state index contributed by atoms with van der Waals surface area (Å²) in [7, 11) is 1.52. The number of nitrogens with zero attached hydrogens (tertiary/aromatic N) is 3. The highest BCUT2D eigenvalue weighted by molar-refractivity contribution is 7.98. The van der Waals surface area contributed by atoms with Gasteiger partial charge in [0.2, 0.25) is 0 Å². The fourth-order valence-electron chi connectivity index (χ4n) is 1.83. The molecule has 0 aliphatic carbocycles. The first-order chi connectivity index (χ1) is 10.2. The Kier molecular flexibility index (Phi) is 7.14. The molecule has 0 saturated heterocycles. The normalized spacial score (nSPS) is 9.52. The largest absolute Gasteiger partial charge is 0.496 e. The number of nitriles is 2. The van der Waals surface area contributed by atoms with E-state index in [4.69, 9.17) is 15.3 Å². The quantitative estimate of drug-likeness (QED) is 0.724. The fraction of sp³-hybridized carbons (Fsp3) is 0.400. The van der Waals surface area contributed by atoms with E-state index in [1.807, 2.05) is 30.5 Å². The highest BCUT2D eigenvalue weighted by Crippen LogP contribution is 2.26. The number of amides is 1. The van der Waals surface area contributed by atoms with Crippen LogP contribution in [0.3, 0.4) is 0 Å². The van der Waals surface area contributed by atoms with E-state index in [1.165, 1.54) is 12.0 Å². The molecule has 5 nitrogen and oxygen atoms in total. The summed E-state index contributed by atoms with van der Waals surface area (Å²) < 4.78 is 5.28. The maximum absolute atomic E-state index is 12.6. The molecule has 1 aromatic carbocycles. The van der Waals surface area contributed by atoms with Crippen LogP contribution in [-0.2, 0) is 0 Å². The molecule has 0 radical (unpaired) electrons. The van der Waals surface area contributed by atoms with Crippen molar-refractivity contribution in [2.45, 2.75) is 17.7 Å². The molecular weight excluding hydrogens is 286 g/mol. The zero-order chi connectivity index (χ0) is 15.7. The number of carbonyl (C=O) groups excluding carboxylic acids is 1. The lowest BCUT2D eigenvalue weighted by atomic mass is 10.1. The highest BCUT2D eigenvalue weighted by Gasteiger charge is 2.19. The van der Waals surface area contributed by atoms with Gasteiger partial charge in [0.25, 0.3) is 5.91 Å². The Hall–Kier alpha value is -2.18. The van der Waals surface area contributed by atoms with Crippen LogP contribution in [0.5, 0.6) is 5.75 Å². The monoisotopic (exact) mass is 303 g/mol. The van der Waals surface area contributed by atoms with Gasteiger partial charge in [-0.25, -0.2) is 0 Å². The van der Waals surface area contributed by atoms with Gasteiger partial charge in [-0.15, -0.1) is 11.8 Å². The van der Waals surface area contributed by atoms with Crippen molar-refractivity contribution >= 4 is 17.7 Å². The first-order valence-corrected chi connectivity index (χ1v) is 7.65. The van der Waals surface area contributed by atoms with Gasteiger partial charge in [-0.05, 0) is 24.5 Å². The molecule has 1 amide bonds. The predicted molar refractivity (Wildman–Crippen MR) is 81.1 cm³/mol. The van der Waals surface area contributed by atoms with Gasteiger partial charge < -0.3 is 9.64 Å². The Labute approximate surface area is 129 Å². The van der Waals surface area contributed by atoms with Crippen molar-refractivity contribution in [3.8, 4) is 17.9 Å². The molecule has 21 heavy (non-hydrogen) atoms. The molecule has 0 aromatic heterocycles. The van der Waals surface area contributed by atoms with Crippen LogP contribution < -0.4 is 4.74 Å².